The molecule has 0 bridgehead atoms. The maximum Gasteiger partial charge on any atom is 0.188 e. The van der Waals surface area contributed by atoms with Crippen molar-refractivity contribution in [3.8, 4) is 0 Å². The lowest BCUT2D eigenvalue weighted by atomic mass is 10.0. The quantitative estimate of drug-likeness (QED) is 0.625. The van der Waals surface area contributed by atoms with Crippen LogP contribution in [0.5, 0.6) is 0 Å². The Labute approximate surface area is 109 Å². The third-order valence-electron chi connectivity index (χ3n) is 3.06. The van der Waals surface area contributed by atoms with Gasteiger partial charge in [0.25, 0.3) is 0 Å². The molecule has 96 valence electrons. The van der Waals surface area contributed by atoms with Crippen LogP contribution in [0.3, 0.4) is 0 Å². The van der Waals surface area contributed by atoms with Crippen LogP contribution in [0.25, 0.3) is 0 Å². The van der Waals surface area contributed by atoms with E-state index in [-0.39, 0.29) is 0 Å². The molecule has 0 aliphatic heterocycles. The van der Waals surface area contributed by atoms with E-state index in [4.69, 9.17) is 0 Å². The summed E-state index contributed by atoms with van der Waals surface area (Å²) in [6, 6.07) is 2.53. The molecule has 0 aliphatic rings. The minimum absolute atomic E-state index is 0.523. The van der Waals surface area contributed by atoms with Crippen LogP contribution in [0.1, 0.15) is 31.7 Å². The van der Waals surface area contributed by atoms with E-state index in [1.54, 1.807) is 11.8 Å². The zero-order valence-corrected chi connectivity index (χ0v) is 12.3. The molecule has 17 heavy (non-hydrogen) atoms. The largest absolute Gasteiger partial charge is 0.316 e. The fourth-order valence-electron chi connectivity index (χ4n) is 1.74. The summed E-state index contributed by atoms with van der Waals surface area (Å²) in [5.74, 6) is 1.70. The highest BCUT2D eigenvalue weighted by Gasteiger charge is 2.14. The summed E-state index contributed by atoms with van der Waals surface area (Å²) in [4.78, 5) is 8.90. The number of nitrogens with one attached hydrogen (secondary N) is 1. The van der Waals surface area contributed by atoms with Crippen molar-refractivity contribution in [3.63, 3.8) is 0 Å². The van der Waals surface area contributed by atoms with Crippen LogP contribution < -0.4 is 5.32 Å². The number of hydrogen-bond donors (Lipinski definition) is 1. The highest BCUT2D eigenvalue weighted by Crippen LogP contribution is 2.19. The molecular formula is C13H23N3S. The second-order valence-corrected chi connectivity index (χ2v) is 5.51. The predicted molar refractivity (Wildman–Crippen MR) is 74.5 cm³/mol. The number of hydrogen-bond acceptors (Lipinski definition) is 4. The Morgan fingerprint density at radius 1 is 1.29 bits per heavy atom. The van der Waals surface area contributed by atoms with Gasteiger partial charge in [-0.2, -0.15) is 0 Å². The molecule has 1 N–H and O–H groups in total. The molecule has 0 aliphatic carbocycles. The van der Waals surface area contributed by atoms with Crippen molar-refractivity contribution in [1.82, 2.24) is 15.3 Å². The standard InChI is InChI=1S/C13H23N3S/c1-6-9(2)12(14-5)8-17-13-15-10(3)7-11(4)16-13/h7,9,12,14H,6,8H2,1-5H3. The Morgan fingerprint density at radius 2 is 1.88 bits per heavy atom. The van der Waals surface area contributed by atoms with Crippen LogP contribution in [0.15, 0.2) is 11.2 Å². The number of aryl methyl sites for hydroxylation is 2. The first-order valence-electron chi connectivity index (χ1n) is 6.19. The van der Waals surface area contributed by atoms with Crippen molar-refractivity contribution in [2.45, 2.75) is 45.3 Å². The molecule has 4 heteroatoms. The molecule has 0 saturated heterocycles. The minimum Gasteiger partial charge on any atom is -0.316 e. The van der Waals surface area contributed by atoms with Gasteiger partial charge >= 0.3 is 0 Å². The first kappa shape index (κ1) is 14.5. The second-order valence-electron chi connectivity index (χ2n) is 4.52. The van der Waals surface area contributed by atoms with Crippen molar-refractivity contribution in [1.29, 1.82) is 0 Å². The molecule has 3 nitrogen and oxygen atoms in total. The molecule has 2 unspecified atom stereocenters. The zero-order chi connectivity index (χ0) is 12.8. The van der Waals surface area contributed by atoms with Crippen LogP contribution >= 0.6 is 11.8 Å². The van der Waals surface area contributed by atoms with Crippen LogP contribution in [-0.2, 0) is 0 Å². The van der Waals surface area contributed by atoms with E-state index in [1.807, 2.05) is 27.0 Å². The van der Waals surface area contributed by atoms with E-state index in [0.717, 1.165) is 22.3 Å². The molecule has 2 atom stereocenters. The second kappa shape index (κ2) is 6.97. The van der Waals surface area contributed by atoms with Gasteiger partial charge < -0.3 is 5.32 Å². The number of thioether (sulfide) groups is 1. The van der Waals surface area contributed by atoms with Gasteiger partial charge in [-0.1, -0.05) is 32.0 Å². The maximum absolute atomic E-state index is 4.45. The zero-order valence-electron chi connectivity index (χ0n) is 11.4. The lowest BCUT2D eigenvalue weighted by Gasteiger charge is -2.21. The third-order valence-corrected chi connectivity index (χ3v) is 4.02. The van der Waals surface area contributed by atoms with Crippen LogP contribution in [0.2, 0.25) is 0 Å². The van der Waals surface area contributed by atoms with Gasteiger partial charge in [0.1, 0.15) is 0 Å². The van der Waals surface area contributed by atoms with Crippen LogP contribution in [-0.4, -0.2) is 28.8 Å². The van der Waals surface area contributed by atoms with E-state index in [0.29, 0.717) is 12.0 Å². The highest BCUT2D eigenvalue weighted by atomic mass is 32.2. The molecule has 0 amide bonds. The van der Waals surface area contributed by atoms with Crippen molar-refractivity contribution in [2.24, 2.45) is 5.92 Å². The van der Waals surface area contributed by atoms with E-state index >= 15 is 0 Å². The van der Waals surface area contributed by atoms with Crippen molar-refractivity contribution in [2.75, 3.05) is 12.8 Å². The monoisotopic (exact) mass is 253 g/mol. The van der Waals surface area contributed by atoms with Crippen LogP contribution in [0.4, 0.5) is 0 Å². The summed E-state index contributed by atoms with van der Waals surface area (Å²) >= 11 is 1.74. The fourth-order valence-corrected chi connectivity index (χ4v) is 2.98. The molecule has 0 spiro atoms. The number of rotatable bonds is 6. The maximum atomic E-state index is 4.45. The summed E-state index contributed by atoms with van der Waals surface area (Å²) in [7, 11) is 2.03. The lowest BCUT2D eigenvalue weighted by molar-refractivity contribution is 0.420. The van der Waals surface area contributed by atoms with Crippen molar-refractivity contribution in [3.05, 3.63) is 17.5 Å². The van der Waals surface area contributed by atoms with Gasteiger partial charge in [-0.3, -0.25) is 0 Å². The summed E-state index contributed by atoms with van der Waals surface area (Å²) in [5, 5.41) is 4.27. The smallest absolute Gasteiger partial charge is 0.188 e. The lowest BCUT2D eigenvalue weighted by Crippen LogP contribution is -2.34. The Bertz CT molecular complexity index is 334. The topological polar surface area (TPSA) is 37.8 Å². The van der Waals surface area contributed by atoms with E-state index < -0.39 is 0 Å². The van der Waals surface area contributed by atoms with Gasteiger partial charge in [0, 0.05) is 23.2 Å². The Hall–Kier alpha value is -0.610. The fraction of sp³-hybridized carbons (Fsp3) is 0.692. The van der Waals surface area contributed by atoms with E-state index in [9.17, 15) is 0 Å². The SMILES string of the molecule is CCC(C)C(CSc1nc(C)cc(C)n1)NC. The molecule has 1 aromatic heterocycles. The molecule has 1 aromatic rings. The Kier molecular flexibility index (Phi) is 5.92. The first-order chi connectivity index (χ1) is 8.06. The third kappa shape index (κ3) is 4.64. The van der Waals surface area contributed by atoms with Gasteiger partial charge in [0.05, 0.1) is 0 Å². The van der Waals surface area contributed by atoms with Crippen LogP contribution in [0, 0.1) is 19.8 Å². The van der Waals surface area contributed by atoms with E-state index in [1.165, 1.54) is 6.42 Å². The molecular weight excluding hydrogens is 230 g/mol. The van der Waals surface area contributed by atoms with E-state index in [2.05, 4.69) is 29.1 Å². The average Bonchev–Trinajstić information content (AvgIpc) is 2.28. The van der Waals surface area contributed by atoms with Crippen molar-refractivity contribution < 1.29 is 0 Å². The molecule has 0 fully saturated rings. The average molecular weight is 253 g/mol. The normalized spacial score (nSPS) is 14.6. The summed E-state index contributed by atoms with van der Waals surface area (Å²) < 4.78 is 0. The number of aromatic nitrogens is 2. The van der Waals surface area contributed by atoms with Gasteiger partial charge in [-0.15, -0.1) is 0 Å². The molecule has 0 saturated carbocycles. The Morgan fingerprint density at radius 3 is 2.35 bits per heavy atom. The molecule has 0 radical (unpaired) electrons. The highest BCUT2D eigenvalue weighted by molar-refractivity contribution is 7.99. The first-order valence-corrected chi connectivity index (χ1v) is 7.17. The molecule has 1 heterocycles. The molecule has 0 aromatic carbocycles. The van der Waals surface area contributed by atoms with Gasteiger partial charge in [0.15, 0.2) is 5.16 Å². The summed E-state index contributed by atoms with van der Waals surface area (Å²) in [6.45, 7) is 8.54. The number of nitrogens with zero attached hydrogens (tertiary/aromatic N) is 2. The van der Waals surface area contributed by atoms with Gasteiger partial charge in [-0.25, -0.2) is 9.97 Å². The van der Waals surface area contributed by atoms with Gasteiger partial charge in [0.2, 0.25) is 0 Å². The summed E-state index contributed by atoms with van der Waals surface area (Å²) in [6.07, 6.45) is 1.19. The summed E-state index contributed by atoms with van der Waals surface area (Å²) in [5.41, 5.74) is 2.09. The molecule has 1 rings (SSSR count). The minimum atomic E-state index is 0.523. The Balaban J connectivity index is 2.59. The predicted octanol–water partition coefficient (Wildman–Crippen LogP) is 2.82. The van der Waals surface area contributed by atoms with Crippen molar-refractivity contribution >= 4 is 11.8 Å². The van der Waals surface area contributed by atoms with Gasteiger partial charge in [-0.05, 0) is 32.9 Å².